The number of benzene rings is 2. The molecule has 0 fully saturated rings. The Morgan fingerprint density at radius 2 is 1.70 bits per heavy atom. The van der Waals surface area contributed by atoms with Crippen molar-refractivity contribution in [3.63, 3.8) is 0 Å². The predicted molar refractivity (Wildman–Crippen MR) is 112 cm³/mol. The van der Waals surface area contributed by atoms with Crippen molar-refractivity contribution in [3.05, 3.63) is 84.2 Å². The highest BCUT2D eigenvalue weighted by Crippen LogP contribution is 2.25. The van der Waals surface area contributed by atoms with Gasteiger partial charge in [0, 0.05) is 28.7 Å². The van der Waals surface area contributed by atoms with Gasteiger partial charge < -0.3 is 0 Å². The number of hydrogen-bond donors (Lipinski definition) is 1. The van der Waals surface area contributed by atoms with Crippen LogP contribution in [0.25, 0.3) is 0 Å². The number of anilines is 1. The van der Waals surface area contributed by atoms with Crippen LogP contribution in [-0.4, -0.2) is 13.4 Å². The highest BCUT2D eigenvalue weighted by atomic mass is 32.2. The smallest absolute Gasteiger partial charge is 0.261 e. The molecule has 0 bridgehead atoms. The van der Waals surface area contributed by atoms with E-state index in [-0.39, 0.29) is 4.90 Å². The van der Waals surface area contributed by atoms with Crippen LogP contribution in [0.1, 0.15) is 30.9 Å². The lowest BCUT2D eigenvalue weighted by molar-refractivity contribution is 0.601. The van der Waals surface area contributed by atoms with Crippen LogP contribution in [0, 0.1) is 0 Å². The zero-order valence-electron chi connectivity index (χ0n) is 15.3. The Labute approximate surface area is 165 Å². The van der Waals surface area contributed by atoms with Gasteiger partial charge in [-0.25, -0.2) is 8.42 Å². The van der Waals surface area contributed by atoms with E-state index in [9.17, 15) is 8.42 Å². The summed E-state index contributed by atoms with van der Waals surface area (Å²) in [7, 11) is -3.59. The molecule has 0 unspecified atom stereocenters. The van der Waals surface area contributed by atoms with Crippen molar-refractivity contribution >= 4 is 27.5 Å². The third-order valence-corrected chi connectivity index (χ3v) is 6.57. The topological polar surface area (TPSA) is 59.1 Å². The maximum atomic E-state index is 12.6. The van der Waals surface area contributed by atoms with Crippen LogP contribution < -0.4 is 4.72 Å². The number of nitrogens with zero attached hydrogens (tertiary/aromatic N) is 1. The molecule has 0 aliphatic rings. The lowest BCUT2D eigenvalue weighted by Gasteiger charge is -2.10. The summed E-state index contributed by atoms with van der Waals surface area (Å²) in [6.45, 7) is 4.16. The van der Waals surface area contributed by atoms with Gasteiger partial charge in [0.25, 0.3) is 10.0 Å². The van der Waals surface area contributed by atoms with Gasteiger partial charge in [-0.3, -0.25) is 9.71 Å². The first-order valence-electron chi connectivity index (χ1n) is 8.68. The largest absolute Gasteiger partial charge is 0.280 e. The third-order valence-electron chi connectivity index (χ3n) is 4.09. The summed E-state index contributed by atoms with van der Waals surface area (Å²) in [5, 5.41) is 0. The molecule has 0 saturated carbocycles. The van der Waals surface area contributed by atoms with Gasteiger partial charge in [-0.05, 0) is 59.5 Å². The minimum atomic E-state index is -3.59. The van der Waals surface area contributed by atoms with E-state index >= 15 is 0 Å². The SMILES string of the molecule is CC(C)c1ccc(S(=O)(=O)Nc2ccc(SCc3cccnc3)cc2)cc1. The van der Waals surface area contributed by atoms with Gasteiger partial charge in [0.2, 0.25) is 0 Å². The molecule has 0 atom stereocenters. The van der Waals surface area contributed by atoms with Crippen molar-refractivity contribution < 1.29 is 8.42 Å². The Morgan fingerprint density at radius 1 is 1.00 bits per heavy atom. The molecule has 0 aliphatic heterocycles. The zero-order valence-corrected chi connectivity index (χ0v) is 16.9. The monoisotopic (exact) mass is 398 g/mol. The molecule has 1 N–H and O–H groups in total. The van der Waals surface area contributed by atoms with Crippen LogP contribution in [0.2, 0.25) is 0 Å². The van der Waals surface area contributed by atoms with Crippen LogP contribution in [0.5, 0.6) is 0 Å². The third kappa shape index (κ3) is 5.34. The summed E-state index contributed by atoms with van der Waals surface area (Å²) in [6.07, 6.45) is 3.60. The number of hydrogen-bond acceptors (Lipinski definition) is 4. The van der Waals surface area contributed by atoms with Crippen molar-refractivity contribution in [2.75, 3.05) is 4.72 Å². The number of sulfonamides is 1. The molecule has 3 rings (SSSR count). The Morgan fingerprint density at radius 3 is 2.30 bits per heavy atom. The van der Waals surface area contributed by atoms with E-state index in [4.69, 9.17) is 0 Å². The second-order valence-electron chi connectivity index (χ2n) is 6.50. The zero-order chi connectivity index (χ0) is 19.3. The Kier molecular flexibility index (Phi) is 6.19. The predicted octanol–water partition coefficient (Wildman–Crippen LogP) is 5.30. The maximum Gasteiger partial charge on any atom is 0.261 e. The average Bonchev–Trinajstić information content (AvgIpc) is 2.68. The molecule has 0 saturated heterocycles. The van der Waals surface area contributed by atoms with Crippen molar-refractivity contribution in [1.29, 1.82) is 0 Å². The highest BCUT2D eigenvalue weighted by molar-refractivity contribution is 7.98. The highest BCUT2D eigenvalue weighted by Gasteiger charge is 2.14. The molecule has 6 heteroatoms. The first-order chi connectivity index (χ1) is 12.9. The second kappa shape index (κ2) is 8.59. The van der Waals surface area contributed by atoms with Crippen LogP contribution in [0.4, 0.5) is 5.69 Å². The summed E-state index contributed by atoms with van der Waals surface area (Å²) in [5.41, 5.74) is 2.81. The molecule has 0 amide bonds. The number of aromatic nitrogens is 1. The Hall–Kier alpha value is -2.31. The summed E-state index contributed by atoms with van der Waals surface area (Å²) in [6, 6.07) is 18.4. The summed E-state index contributed by atoms with van der Waals surface area (Å²) in [4.78, 5) is 5.44. The van der Waals surface area contributed by atoms with Crippen LogP contribution in [-0.2, 0) is 15.8 Å². The lowest BCUT2D eigenvalue weighted by atomic mass is 10.0. The fourth-order valence-corrected chi connectivity index (χ4v) is 4.41. The normalized spacial score (nSPS) is 11.5. The van der Waals surface area contributed by atoms with E-state index in [1.54, 1.807) is 42.2 Å². The molecule has 2 aromatic carbocycles. The van der Waals surface area contributed by atoms with Crippen LogP contribution >= 0.6 is 11.8 Å². The van der Waals surface area contributed by atoms with Gasteiger partial charge in [0.15, 0.2) is 0 Å². The van der Waals surface area contributed by atoms with Crippen molar-refractivity contribution in [2.24, 2.45) is 0 Å². The van der Waals surface area contributed by atoms with Crippen LogP contribution in [0.15, 0.2) is 82.8 Å². The molecular weight excluding hydrogens is 376 g/mol. The van der Waals surface area contributed by atoms with Crippen molar-refractivity contribution in [1.82, 2.24) is 4.98 Å². The van der Waals surface area contributed by atoms with Gasteiger partial charge in [0.1, 0.15) is 0 Å². The molecule has 1 aromatic heterocycles. The number of rotatable bonds is 7. The molecule has 0 radical (unpaired) electrons. The van der Waals surface area contributed by atoms with Crippen LogP contribution in [0.3, 0.4) is 0 Å². The molecule has 0 spiro atoms. The van der Waals surface area contributed by atoms with Crippen molar-refractivity contribution in [3.8, 4) is 0 Å². The first-order valence-corrected chi connectivity index (χ1v) is 11.2. The lowest BCUT2D eigenvalue weighted by Crippen LogP contribution is -2.12. The van der Waals surface area contributed by atoms with Gasteiger partial charge in [0.05, 0.1) is 4.90 Å². The maximum absolute atomic E-state index is 12.6. The second-order valence-corrected chi connectivity index (χ2v) is 9.23. The molecule has 140 valence electrons. The molecule has 4 nitrogen and oxygen atoms in total. The Bertz CT molecular complexity index is 969. The van der Waals surface area contributed by atoms with E-state index in [0.717, 1.165) is 21.8 Å². The van der Waals surface area contributed by atoms with E-state index in [0.29, 0.717) is 11.6 Å². The van der Waals surface area contributed by atoms with Gasteiger partial charge in [-0.1, -0.05) is 32.0 Å². The molecule has 3 aromatic rings. The minimum Gasteiger partial charge on any atom is -0.280 e. The van der Waals surface area contributed by atoms with Gasteiger partial charge in [-0.2, -0.15) is 0 Å². The fourth-order valence-electron chi connectivity index (χ4n) is 2.52. The number of pyridine rings is 1. The minimum absolute atomic E-state index is 0.266. The number of nitrogens with one attached hydrogen (secondary N) is 1. The molecule has 1 heterocycles. The van der Waals surface area contributed by atoms with Crippen molar-refractivity contribution in [2.45, 2.75) is 35.3 Å². The van der Waals surface area contributed by atoms with Gasteiger partial charge in [-0.15, -0.1) is 11.8 Å². The number of thioether (sulfide) groups is 1. The van der Waals surface area contributed by atoms with E-state index in [1.165, 1.54) is 0 Å². The van der Waals surface area contributed by atoms with E-state index < -0.39 is 10.0 Å². The van der Waals surface area contributed by atoms with E-state index in [1.807, 2.05) is 42.6 Å². The average molecular weight is 399 g/mol. The molecule has 0 aliphatic carbocycles. The summed E-state index contributed by atoms with van der Waals surface area (Å²) in [5.74, 6) is 1.19. The summed E-state index contributed by atoms with van der Waals surface area (Å²) >= 11 is 1.68. The Balaban J connectivity index is 1.64. The summed E-state index contributed by atoms with van der Waals surface area (Å²) < 4.78 is 27.7. The molecule has 27 heavy (non-hydrogen) atoms. The fraction of sp³-hybridized carbons (Fsp3) is 0.190. The molecular formula is C21H22N2O2S2. The quantitative estimate of drug-likeness (QED) is 0.549. The first kappa shape index (κ1) is 19.5. The van der Waals surface area contributed by atoms with E-state index in [2.05, 4.69) is 23.6 Å². The van der Waals surface area contributed by atoms with Gasteiger partial charge >= 0.3 is 0 Å². The standard InChI is InChI=1S/C21H22N2O2S2/c1-16(2)18-5-11-21(12-6-18)27(24,25)23-19-7-9-20(10-8-19)26-15-17-4-3-13-22-14-17/h3-14,16,23H,15H2,1-2H3.